The average Bonchev–Trinajstić information content (AvgIpc) is 2.88. The summed E-state index contributed by atoms with van der Waals surface area (Å²) in [6.45, 7) is 11.7. The lowest BCUT2D eigenvalue weighted by molar-refractivity contribution is 0.105. The summed E-state index contributed by atoms with van der Waals surface area (Å²) in [4.78, 5) is 5.83. The molecule has 2 atom stereocenters. The Morgan fingerprint density at radius 2 is 2.28 bits per heavy atom. The van der Waals surface area contributed by atoms with Crippen LogP contribution in [-0.2, 0) is 16.7 Å². The van der Waals surface area contributed by atoms with Crippen molar-refractivity contribution in [3.8, 4) is 0 Å². The number of hydrogen-bond acceptors (Lipinski definition) is 4. The van der Waals surface area contributed by atoms with Gasteiger partial charge in [-0.25, -0.2) is 4.98 Å². The third-order valence-corrected chi connectivity index (χ3v) is 4.86. The lowest BCUT2D eigenvalue weighted by Crippen LogP contribution is -2.26. The van der Waals surface area contributed by atoms with Crippen molar-refractivity contribution in [2.45, 2.75) is 52.2 Å². The molecule has 0 saturated carbocycles. The zero-order valence-corrected chi connectivity index (χ0v) is 12.6. The number of aromatic nitrogens is 1. The van der Waals surface area contributed by atoms with Gasteiger partial charge < -0.3 is 10.1 Å². The molecule has 0 radical (unpaired) electrons. The molecule has 102 valence electrons. The minimum absolute atomic E-state index is 0.163. The molecule has 1 aromatic rings. The van der Waals surface area contributed by atoms with E-state index in [-0.39, 0.29) is 5.41 Å². The molecule has 0 amide bonds. The standard InChI is InChI=1S/C14H24N2OS/c1-10-11(5-6-17-10)7-15-8-12-9-16-13(18-12)14(2,3)4/h9-11,15H,5-8H2,1-4H3. The van der Waals surface area contributed by atoms with Crippen LogP contribution in [0.4, 0.5) is 0 Å². The van der Waals surface area contributed by atoms with Crippen LogP contribution in [0, 0.1) is 5.92 Å². The van der Waals surface area contributed by atoms with E-state index in [1.54, 1.807) is 0 Å². The summed E-state index contributed by atoms with van der Waals surface area (Å²) < 4.78 is 5.57. The van der Waals surface area contributed by atoms with Crippen LogP contribution in [0.2, 0.25) is 0 Å². The summed E-state index contributed by atoms with van der Waals surface area (Å²) >= 11 is 1.82. The first kappa shape index (κ1) is 14.0. The summed E-state index contributed by atoms with van der Waals surface area (Å²) in [5.41, 5.74) is 0.163. The van der Waals surface area contributed by atoms with Gasteiger partial charge in [-0.15, -0.1) is 11.3 Å². The maximum absolute atomic E-state index is 5.57. The fourth-order valence-corrected chi connectivity index (χ4v) is 3.10. The molecule has 3 nitrogen and oxygen atoms in total. The number of thiazole rings is 1. The monoisotopic (exact) mass is 268 g/mol. The summed E-state index contributed by atoms with van der Waals surface area (Å²) in [6, 6.07) is 0. The Morgan fingerprint density at radius 3 is 2.83 bits per heavy atom. The first-order valence-electron chi connectivity index (χ1n) is 6.74. The molecular weight excluding hydrogens is 244 g/mol. The third-order valence-electron chi connectivity index (χ3n) is 3.43. The van der Waals surface area contributed by atoms with Crippen LogP contribution < -0.4 is 5.32 Å². The summed E-state index contributed by atoms with van der Waals surface area (Å²) in [6.07, 6.45) is 3.60. The minimum Gasteiger partial charge on any atom is -0.378 e. The van der Waals surface area contributed by atoms with E-state index in [1.165, 1.54) is 16.3 Å². The molecule has 0 spiro atoms. The van der Waals surface area contributed by atoms with Crippen molar-refractivity contribution in [2.75, 3.05) is 13.2 Å². The molecule has 1 saturated heterocycles. The predicted octanol–water partition coefficient (Wildman–Crippen LogP) is 2.96. The van der Waals surface area contributed by atoms with E-state index in [0.29, 0.717) is 12.0 Å². The first-order valence-corrected chi connectivity index (χ1v) is 7.56. The summed E-state index contributed by atoms with van der Waals surface area (Å²) in [7, 11) is 0. The molecule has 18 heavy (non-hydrogen) atoms. The van der Waals surface area contributed by atoms with Crippen LogP contribution in [0.1, 0.15) is 44.0 Å². The molecule has 1 N–H and O–H groups in total. The van der Waals surface area contributed by atoms with E-state index in [1.807, 2.05) is 17.5 Å². The van der Waals surface area contributed by atoms with Crippen molar-refractivity contribution in [3.05, 3.63) is 16.1 Å². The van der Waals surface area contributed by atoms with Crippen LogP contribution in [0.25, 0.3) is 0 Å². The molecule has 2 rings (SSSR count). The second-order valence-corrected chi connectivity index (χ2v) is 7.25. The van der Waals surface area contributed by atoms with Crippen LogP contribution in [-0.4, -0.2) is 24.2 Å². The van der Waals surface area contributed by atoms with Gasteiger partial charge in [0.25, 0.3) is 0 Å². The molecule has 1 aromatic heterocycles. The van der Waals surface area contributed by atoms with Gasteiger partial charge in [-0.1, -0.05) is 20.8 Å². The molecule has 1 fully saturated rings. The first-order chi connectivity index (χ1) is 8.47. The molecule has 2 heterocycles. The van der Waals surface area contributed by atoms with E-state index >= 15 is 0 Å². The maximum atomic E-state index is 5.57. The van der Waals surface area contributed by atoms with Gasteiger partial charge in [0.15, 0.2) is 0 Å². The van der Waals surface area contributed by atoms with Gasteiger partial charge in [-0.2, -0.15) is 0 Å². The summed E-state index contributed by atoms with van der Waals surface area (Å²) in [5, 5.41) is 4.75. The Bertz CT molecular complexity index is 383. The van der Waals surface area contributed by atoms with Crippen molar-refractivity contribution in [1.29, 1.82) is 0 Å². The van der Waals surface area contributed by atoms with Gasteiger partial charge in [-0.05, 0) is 19.3 Å². The van der Waals surface area contributed by atoms with Crippen LogP contribution in [0.15, 0.2) is 6.20 Å². The number of nitrogens with one attached hydrogen (secondary N) is 1. The fourth-order valence-electron chi connectivity index (χ4n) is 2.16. The largest absolute Gasteiger partial charge is 0.378 e. The van der Waals surface area contributed by atoms with E-state index < -0.39 is 0 Å². The van der Waals surface area contributed by atoms with Gasteiger partial charge >= 0.3 is 0 Å². The highest BCUT2D eigenvalue weighted by Crippen LogP contribution is 2.26. The van der Waals surface area contributed by atoms with Gasteiger partial charge in [-0.3, -0.25) is 0 Å². The highest BCUT2D eigenvalue weighted by Gasteiger charge is 2.23. The van der Waals surface area contributed by atoms with E-state index in [0.717, 1.165) is 19.7 Å². The Balaban J connectivity index is 1.78. The number of nitrogens with zero attached hydrogens (tertiary/aromatic N) is 1. The van der Waals surface area contributed by atoms with Gasteiger partial charge in [0, 0.05) is 36.2 Å². The SMILES string of the molecule is CC1OCCC1CNCc1cnc(C(C)(C)C)s1. The van der Waals surface area contributed by atoms with Crippen molar-refractivity contribution in [3.63, 3.8) is 0 Å². The molecule has 0 bridgehead atoms. The second-order valence-electron chi connectivity index (χ2n) is 6.14. The van der Waals surface area contributed by atoms with Crippen LogP contribution in [0.3, 0.4) is 0 Å². The van der Waals surface area contributed by atoms with Gasteiger partial charge in [0.1, 0.15) is 0 Å². The Kier molecular flexibility index (Phi) is 4.41. The molecular formula is C14H24N2OS. The predicted molar refractivity (Wildman–Crippen MR) is 76.0 cm³/mol. The zero-order chi connectivity index (χ0) is 13.2. The minimum atomic E-state index is 0.163. The maximum Gasteiger partial charge on any atom is 0.0981 e. The molecule has 1 aliphatic rings. The smallest absolute Gasteiger partial charge is 0.0981 e. The topological polar surface area (TPSA) is 34.1 Å². The zero-order valence-electron chi connectivity index (χ0n) is 11.8. The van der Waals surface area contributed by atoms with Crippen molar-refractivity contribution >= 4 is 11.3 Å². The molecule has 2 unspecified atom stereocenters. The van der Waals surface area contributed by atoms with E-state index in [2.05, 4.69) is 38.0 Å². The lowest BCUT2D eigenvalue weighted by Gasteiger charge is -2.14. The molecule has 4 heteroatoms. The van der Waals surface area contributed by atoms with Gasteiger partial charge in [0.05, 0.1) is 11.1 Å². The lowest BCUT2D eigenvalue weighted by atomic mass is 9.98. The van der Waals surface area contributed by atoms with E-state index in [4.69, 9.17) is 4.74 Å². The van der Waals surface area contributed by atoms with Crippen LogP contribution in [0.5, 0.6) is 0 Å². The van der Waals surface area contributed by atoms with E-state index in [9.17, 15) is 0 Å². The molecule has 0 aromatic carbocycles. The van der Waals surface area contributed by atoms with Crippen molar-refractivity contribution in [2.24, 2.45) is 5.92 Å². The second kappa shape index (κ2) is 5.68. The quantitative estimate of drug-likeness (QED) is 0.911. The van der Waals surface area contributed by atoms with Gasteiger partial charge in [0.2, 0.25) is 0 Å². The fraction of sp³-hybridized carbons (Fsp3) is 0.786. The number of ether oxygens (including phenoxy) is 1. The highest BCUT2D eigenvalue weighted by molar-refractivity contribution is 7.11. The third kappa shape index (κ3) is 3.53. The Morgan fingerprint density at radius 1 is 1.50 bits per heavy atom. The molecule has 1 aliphatic heterocycles. The number of hydrogen-bond donors (Lipinski definition) is 1. The van der Waals surface area contributed by atoms with Crippen molar-refractivity contribution < 1.29 is 4.74 Å². The Hall–Kier alpha value is -0.450. The summed E-state index contributed by atoms with van der Waals surface area (Å²) in [5.74, 6) is 0.667. The normalized spacial score (nSPS) is 24.7. The Labute approximate surface area is 114 Å². The number of rotatable bonds is 4. The average molecular weight is 268 g/mol. The van der Waals surface area contributed by atoms with Crippen molar-refractivity contribution in [1.82, 2.24) is 10.3 Å². The molecule has 0 aliphatic carbocycles. The van der Waals surface area contributed by atoms with Crippen LogP contribution >= 0.6 is 11.3 Å². The highest BCUT2D eigenvalue weighted by atomic mass is 32.1.